The molecular formula is C20H20N2O4. The zero-order chi connectivity index (χ0) is 18.5. The fraction of sp³-hybridized carbons (Fsp3) is 0.200. The van der Waals surface area contributed by atoms with Crippen LogP contribution in [0.5, 0.6) is 5.75 Å². The molecule has 3 rings (SSSR count). The van der Waals surface area contributed by atoms with E-state index in [4.69, 9.17) is 20.0 Å². The smallest absolute Gasteiger partial charge is 0.320 e. The van der Waals surface area contributed by atoms with Gasteiger partial charge in [-0.2, -0.15) is 0 Å². The molecule has 0 aliphatic carbocycles. The summed E-state index contributed by atoms with van der Waals surface area (Å²) in [6, 6.07) is 16.0. The summed E-state index contributed by atoms with van der Waals surface area (Å²) in [7, 11) is 0. The van der Waals surface area contributed by atoms with Crippen molar-refractivity contribution in [2.24, 2.45) is 5.73 Å². The Bertz CT molecular complexity index is 873. The molecule has 1 aromatic heterocycles. The van der Waals surface area contributed by atoms with Gasteiger partial charge in [-0.15, -0.1) is 0 Å². The average Bonchev–Trinajstić information content (AvgIpc) is 3.02. The predicted molar refractivity (Wildman–Crippen MR) is 96.8 cm³/mol. The Morgan fingerprint density at radius 2 is 1.88 bits per heavy atom. The van der Waals surface area contributed by atoms with Crippen molar-refractivity contribution >= 4 is 5.97 Å². The number of carboxylic acid groups (broad SMARTS) is 1. The van der Waals surface area contributed by atoms with Crippen molar-refractivity contribution in [1.82, 2.24) is 4.98 Å². The molecule has 26 heavy (non-hydrogen) atoms. The maximum atomic E-state index is 10.8. The second-order valence-electron chi connectivity index (χ2n) is 5.97. The number of rotatable bonds is 7. The first-order valence-corrected chi connectivity index (χ1v) is 8.25. The molecule has 6 heteroatoms. The highest BCUT2D eigenvalue weighted by molar-refractivity contribution is 5.73. The van der Waals surface area contributed by atoms with Gasteiger partial charge in [-0.05, 0) is 43.2 Å². The fourth-order valence-electron chi connectivity index (χ4n) is 2.48. The normalized spacial score (nSPS) is 11.9. The van der Waals surface area contributed by atoms with Gasteiger partial charge >= 0.3 is 5.97 Å². The standard InChI is InChI=1S/C20H20N2O4/c1-13-18(22-19(26-13)15-5-3-2-4-6-15)12-25-16-9-7-14(8-10-16)11-17(21)20(23)24/h2-10,17H,11-12,21H2,1H3,(H,23,24)/t17-/m0/s1. The Labute approximate surface area is 151 Å². The molecule has 0 aliphatic rings. The van der Waals surface area contributed by atoms with Crippen LogP contribution in [-0.4, -0.2) is 22.1 Å². The Kier molecular flexibility index (Phi) is 5.34. The van der Waals surface area contributed by atoms with Gasteiger partial charge in [-0.3, -0.25) is 4.79 Å². The maximum Gasteiger partial charge on any atom is 0.320 e. The van der Waals surface area contributed by atoms with Crippen LogP contribution < -0.4 is 10.5 Å². The number of nitrogens with zero attached hydrogens (tertiary/aromatic N) is 1. The van der Waals surface area contributed by atoms with E-state index in [1.807, 2.05) is 49.4 Å². The highest BCUT2D eigenvalue weighted by Crippen LogP contribution is 2.22. The van der Waals surface area contributed by atoms with Crippen molar-refractivity contribution in [3.63, 3.8) is 0 Å². The first-order chi connectivity index (χ1) is 12.5. The number of benzene rings is 2. The zero-order valence-corrected chi connectivity index (χ0v) is 14.4. The van der Waals surface area contributed by atoms with Crippen LogP contribution in [0.15, 0.2) is 59.0 Å². The SMILES string of the molecule is Cc1oc(-c2ccccc2)nc1COc1ccc(C[C@H](N)C(=O)O)cc1. The number of oxazole rings is 1. The minimum absolute atomic E-state index is 0.276. The summed E-state index contributed by atoms with van der Waals surface area (Å²) in [6.07, 6.45) is 0.276. The number of hydrogen-bond donors (Lipinski definition) is 2. The van der Waals surface area contributed by atoms with Gasteiger partial charge in [0.2, 0.25) is 5.89 Å². The molecule has 0 saturated carbocycles. The first kappa shape index (κ1) is 17.7. The van der Waals surface area contributed by atoms with E-state index < -0.39 is 12.0 Å². The van der Waals surface area contributed by atoms with Gasteiger partial charge in [-0.1, -0.05) is 30.3 Å². The molecule has 2 aromatic carbocycles. The summed E-state index contributed by atoms with van der Waals surface area (Å²) in [4.78, 5) is 15.3. The number of ether oxygens (including phenoxy) is 1. The number of carbonyl (C=O) groups is 1. The van der Waals surface area contributed by atoms with Crippen molar-refractivity contribution < 1.29 is 19.1 Å². The van der Waals surface area contributed by atoms with Crippen LogP contribution in [-0.2, 0) is 17.8 Å². The summed E-state index contributed by atoms with van der Waals surface area (Å²) >= 11 is 0. The molecule has 6 nitrogen and oxygen atoms in total. The van der Waals surface area contributed by atoms with Crippen LogP contribution >= 0.6 is 0 Å². The lowest BCUT2D eigenvalue weighted by Gasteiger charge is -2.08. The minimum atomic E-state index is -1.01. The molecule has 0 aliphatic heterocycles. The van der Waals surface area contributed by atoms with E-state index in [-0.39, 0.29) is 13.0 Å². The number of aryl methyl sites for hydroxylation is 1. The molecule has 1 atom stereocenters. The van der Waals surface area contributed by atoms with Crippen molar-refractivity contribution in [1.29, 1.82) is 0 Å². The van der Waals surface area contributed by atoms with Gasteiger partial charge < -0.3 is 20.0 Å². The van der Waals surface area contributed by atoms with Crippen molar-refractivity contribution in [2.75, 3.05) is 0 Å². The third kappa shape index (κ3) is 4.29. The molecule has 134 valence electrons. The molecule has 0 spiro atoms. The quantitative estimate of drug-likeness (QED) is 0.677. The van der Waals surface area contributed by atoms with Crippen molar-refractivity contribution in [3.05, 3.63) is 71.6 Å². The molecule has 0 unspecified atom stereocenters. The van der Waals surface area contributed by atoms with E-state index >= 15 is 0 Å². The van der Waals surface area contributed by atoms with Gasteiger partial charge in [0.1, 0.15) is 29.9 Å². The summed E-state index contributed by atoms with van der Waals surface area (Å²) in [5, 5.41) is 8.85. The Balaban J connectivity index is 1.62. The van der Waals surface area contributed by atoms with Crippen LogP contribution in [0.1, 0.15) is 17.0 Å². The van der Waals surface area contributed by atoms with E-state index in [0.29, 0.717) is 17.4 Å². The van der Waals surface area contributed by atoms with Crippen LogP contribution in [0.2, 0.25) is 0 Å². The summed E-state index contributed by atoms with van der Waals surface area (Å²) < 4.78 is 11.5. The van der Waals surface area contributed by atoms with Crippen LogP contribution in [0, 0.1) is 6.92 Å². The molecule has 0 radical (unpaired) electrons. The Morgan fingerprint density at radius 3 is 2.54 bits per heavy atom. The first-order valence-electron chi connectivity index (χ1n) is 8.25. The number of hydrogen-bond acceptors (Lipinski definition) is 5. The fourth-order valence-corrected chi connectivity index (χ4v) is 2.48. The maximum absolute atomic E-state index is 10.8. The van der Waals surface area contributed by atoms with E-state index in [1.165, 1.54) is 0 Å². The highest BCUT2D eigenvalue weighted by atomic mass is 16.5. The van der Waals surface area contributed by atoms with E-state index in [1.54, 1.807) is 12.1 Å². The van der Waals surface area contributed by atoms with Crippen LogP contribution in [0.25, 0.3) is 11.5 Å². The Morgan fingerprint density at radius 1 is 1.19 bits per heavy atom. The summed E-state index contributed by atoms with van der Waals surface area (Å²) in [5.74, 6) is 0.940. The van der Waals surface area contributed by atoms with Gasteiger partial charge in [0.15, 0.2) is 0 Å². The van der Waals surface area contributed by atoms with Crippen molar-refractivity contribution in [2.45, 2.75) is 26.0 Å². The molecule has 0 amide bonds. The van der Waals surface area contributed by atoms with Gasteiger partial charge in [0.05, 0.1) is 0 Å². The monoisotopic (exact) mass is 352 g/mol. The van der Waals surface area contributed by atoms with Crippen molar-refractivity contribution in [3.8, 4) is 17.2 Å². The lowest BCUT2D eigenvalue weighted by molar-refractivity contribution is -0.138. The minimum Gasteiger partial charge on any atom is -0.487 e. The van der Waals surface area contributed by atoms with Crippen LogP contribution in [0.4, 0.5) is 0 Å². The van der Waals surface area contributed by atoms with E-state index in [9.17, 15) is 4.79 Å². The molecular weight excluding hydrogens is 332 g/mol. The predicted octanol–water partition coefficient (Wildman–Crippen LogP) is 3.18. The zero-order valence-electron chi connectivity index (χ0n) is 14.4. The molecule has 1 heterocycles. The number of carboxylic acids is 1. The lowest BCUT2D eigenvalue weighted by atomic mass is 10.1. The van der Waals surface area contributed by atoms with Gasteiger partial charge in [0.25, 0.3) is 0 Å². The highest BCUT2D eigenvalue weighted by Gasteiger charge is 2.13. The largest absolute Gasteiger partial charge is 0.487 e. The summed E-state index contributed by atoms with van der Waals surface area (Å²) in [5.41, 5.74) is 8.04. The van der Waals surface area contributed by atoms with E-state index in [0.717, 1.165) is 16.8 Å². The number of aliphatic carboxylic acids is 1. The molecule has 3 aromatic rings. The Hall–Kier alpha value is -3.12. The number of aromatic nitrogens is 1. The second-order valence-corrected chi connectivity index (χ2v) is 5.97. The van der Waals surface area contributed by atoms with Gasteiger partial charge in [-0.25, -0.2) is 4.98 Å². The molecule has 3 N–H and O–H groups in total. The topological polar surface area (TPSA) is 98.6 Å². The number of nitrogens with two attached hydrogens (primary N) is 1. The molecule has 0 fully saturated rings. The average molecular weight is 352 g/mol. The van der Waals surface area contributed by atoms with E-state index in [2.05, 4.69) is 4.98 Å². The second kappa shape index (κ2) is 7.84. The molecule has 0 saturated heterocycles. The lowest BCUT2D eigenvalue weighted by Crippen LogP contribution is -2.32. The summed E-state index contributed by atoms with van der Waals surface area (Å²) in [6.45, 7) is 2.14. The third-order valence-electron chi connectivity index (χ3n) is 3.99. The molecule has 0 bridgehead atoms. The third-order valence-corrected chi connectivity index (χ3v) is 3.99. The van der Waals surface area contributed by atoms with Gasteiger partial charge in [0, 0.05) is 5.56 Å². The van der Waals surface area contributed by atoms with Crippen LogP contribution in [0.3, 0.4) is 0 Å².